The summed E-state index contributed by atoms with van der Waals surface area (Å²) >= 11 is 0. The average Bonchev–Trinajstić information content (AvgIpc) is 2.44. The lowest BCUT2D eigenvalue weighted by Gasteiger charge is -2.53. The highest BCUT2D eigenvalue weighted by Crippen LogP contribution is 2.46. The molecular formula is C16H23F2NO. The van der Waals surface area contributed by atoms with Gasteiger partial charge in [-0.05, 0) is 31.5 Å². The maximum atomic E-state index is 13.6. The Hall–Kier alpha value is -1.16. The molecular weight excluding hydrogens is 260 g/mol. The number of hydrogen-bond donors (Lipinski definition) is 1. The van der Waals surface area contributed by atoms with Crippen LogP contribution in [0.15, 0.2) is 18.2 Å². The molecule has 1 aromatic rings. The standard InChI is InChI=1S/C16H23F2NO/c1-4-8-19-14-10-15(16(14,3)5-2)20-13-9-11(17)6-7-12(13)18/h6-7,9,14-15,19H,4-5,8,10H2,1-3H3. The summed E-state index contributed by atoms with van der Waals surface area (Å²) in [5.74, 6) is -0.960. The molecule has 20 heavy (non-hydrogen) atoms. The van der Waals surface area contributed by atoms with Crippen LogP contribution in [0.2, 0.25) is 0 Å². The molecule has 0 radical (unpaired) electrons. The van der Waals surface area contributed by atoms with Crippen molar-refractivity contribution >= 4 is 0 Å². The Balaban J connectivity index is 2.05. The van der Waals surface area contributed by atoms with Crippen LogP contribution in [-0.2, 0) is 0 Å². The second kappa shape index (κ2) is 6.08. The zero-order valence-corrected chi connectivity index (χ0v) is 12.4. The van der Waals surface area contributed by atoms with E-state index in [0.717, 1.165) is 44.0 Å². The smallest absolute Gasteiger partial charge is 0.165 e. The van der Waals surface area contributed by atoms with Crippen molar-refractivity contribution in [2.45, 2.75) is 52.2 Å². The monoisotopic (exact) mass is 283 g/mol. The van der Waals surface area contributed by atoms with E-state index in [1.165, 1.54) is 0 Å². The van der Waals surface area contributed by atoms with Crippen LogP contribution in [0.25, 0.3) is 0 Å². The Bertz CT molecular complexity index is 466. The first kappa shape index (κ1) is 15.2. The number of nitrogens with one attached hydrogen (secondary N) is 1. The quantitative estimate of drug-likeness (QED) is 0.855. The van der Waals surface area contributed by atoms with Crippen LogP contribution < -0.4 is 10.1 Å². The summed E-state index contributed by atoms with van der Waals surface area (Å²) in [5.41, 5.74) is -0.0338. The van der Waals surface area contributed by atoms with Gasteiger partial charge in [-0.2, -0.15) is 0 Å². The van der Waals surface area contributed by atoms with Gasteiger partial charge in [-0.15, -0.1) is 0 Å². The van der Waals surface area contributed by atoms with Crippen LogP contribution in [-0.4, -0.2) is 18.7 Å². The van der Waals surface area contributed by atoms with E-state index in [0.29, 0.717) is 6.04 Å². The molecule has 1 aromatic carbocycles. The third-order valence-corrected chi connectivity index (χ3v) is 4.55. The molecule has 0 amide bonds. The van der Waals surface area contributed by atoms with Gasteiger partial charge in [-0.3, -0.25) is 0 Å². The predicted octanol–water partition coefficient (Wildman–Crippen LogP) is 3.90. The first-order valence-electron chi connectivity index (χ1n) is 7.36. The minimum absolute atomic E-state index is 0.0172. The summed E-state index contributed by atoms with van der Waals surface area (Å²) in [5, 5.41) is 3.50. The van der Waals surface area contributed by atoms with Crippen molar-refractivity contribution in [3.63, 3.8) is 0 Å². The molecule has 3 atom stereocenters. The van der Waals surface area contributed by atoms with Crippen LogP contribution in [0.3, 0.4) is 0 Å². The van der Waals surface area contributed by atoms with Gasteiger partial charge in [0, 0.05) is 23.9 Å². The molecule has 0 aromatic heterocycles. The van der Waals surface area contributed by atoms with E-state index in [9.17, 15) is 8.78 Å². The normalized spacial score (nSPS) is 29.1. The van der Waals surface area contributed by atoms with Gasteiger partial charge in [0.15, 0.2) is 11.6 Å². The molecule has 0 bridgehead atoms. The Morgan fingerprint density at radius 3 is 2.75 bits per heavy atom. The minimum atomic E-state index is -0.505. The summed E-state index contributed by atoms with van der Waals surface area (Å²) in [6, 6.07) is 3.72. The highest BCUT2D eigenvalue weighted by atomic mass is 19.1. The third kappa shape index (κ3) is 2.80. The molecule has 1 aliphatic carbocycles. The first-order valence-corrected chi connectivity index (χ1v) is 7.36. The number of rotatable bonds is 6. The Kier molecular flexibility index (Phi) is 4.63. The fourth-order valence-corrected chi connectivity index (χ4v) is 2.83. The molecule has 1 N–H and O–H groups in total. The largest absolute Gasteiger partial charge is 0.487 e. The van der Waals surface area contributed by atoms with Gasteiger partial charge in [0.05, 0.1) is 0 Å². The summed E-state index contributed by atoms with van der Waals surface area (Å²) in [4.78, 5) is 0. The number of benzene rings is 1. The fourth-order valence-electron chi connectivity index (χ4n) is 2.83. The topological polar surface area (TPSA) is 21.3 Å². The van der Waals surface area contributed by atoms with E-state index >= 15 is 0 Å². The van der Waals surface area contributed by atoms with E-state index in [4.69, 9.17) is 4.74 Å². The van der Waals surface area contributed by atoms with Crippen molar-refractivity contribution in [1.29, 1.82) is 0 Å². The number of ether oxygens (including phenoxy) is 1. The van der Waals surface area contributed by atoms with Crippen LogP contribution in [0.5, 0.6) is 5.75 Å². The maximum absolute atomic E-state index is 13.6. The molecule has 3 unspecified atom stereocenters. The Morgan fingerprint density at radius 1 is 1.35 bits per heavy atom. The van der Waals surface area contributed by atoms with Crippen LogP contribution >= 0.6 is 0 Å². The minimum Gasteiger partial charge on any atom is -0.487 e. The lowest BCUT2D eigenvalue weighted by molar-refractivity contribution is -0.0717. The van der Waals surface area contributed by atoms with Crippen LogP contribution in [0.4, 0.5) is 8.78 Å². The average molecular weight is 283 g/mol. The summed E-state index contributed by atoms with van der Waals surface area (Å²) in [6.07, 6.45) is 2.79. The van der Waals surface area contributed by atoms with Crippen molar-refractivity contribution in [2.24, 2.45) is 5.41 Å². The van der Waals surface area contributed by atoms with E-state index in [-0.39, 0.29) is 17.3 Å². The van der Waals surface area contributed by atoms with E-state index in [1.54, 1.807) is 0 Å². The fraction of sp³-hybridized carbons (Fsp3) is 0.625. The molecule has 112 valence electrons. The molecule has 0 aliphatic heterocycles. The number of hydrogen-bond acceptors (Lipinski definition) is 2. The van der Waals surface area contributed by atoms with Crippen molar-refractivity contribution in [3.8, 4) is 5.75 Å². The molecule has 2 nitrogen and oxygen atoms in total. The van der Waals surface area contributed by atoms with Crippen LogP contribution in [0, 0.1) is 17.0 Å². The highest BCUT2D eigenvalue weighted by molar-refractivity contribution is 5.26. The van der Waals surface area contributed by atoms with Gasteiger partial charge >= 0.3 is 0 Å². The van der Waals surface area contributed by atoms with Crippen molar-refractivity contribution in [3.05, 3.63) is 29.8 Å². The van der Waals surface area contributed by atoms with Crippen molar-refractivity contribution in [1.82, 2.24) is 5.32 Å². The molecule has 2 rings (SSSR count). The number of halogens is 2. The van der Waals surface area contributed by atoms with E-state index in [2.05, 4.69) is 26.1 Å². The van der Waals surface area contributed by atoms with Crippen molar-refractivity contribution in [2.75, 3.05) is 6.54 Å². The van der Waals surface area contributed by atoms with Gasteiger partial charge in [0.2, 0.25) is 0 Å². The zero-order valence-electron chi connectivity index (χ0n) is 12.4. The summed E-state index contributed by atoms with van der Waals surface area (Å²) in [6.45, 7) is 7.36. The molecule has 0 spiro atoms. The lowest BCUT2D eigenvalue weighted by atomic mass is 9.61. The lowest BCUT2D eigenvalue weighted by Crippen LogP contribution is -2.63. The van der Waals surface area contributed by atoms with Gasteiger partial charge in [-0.1, -0.05) is 20.8 Å². The molecule has 4 heteroatoms. The van der Waals surface area contributed by atoms with Gasteiger partial charge < -0.3 is 10.1 Å². The molecule has 0 saturated heterocycles. The van der Waals surface area contributed by atoms with E-state index in [1.807, 2.05) is 0 Å². The van der Waals surface area contributed by atoms with Crippen molar-refractivity contribution < 1.29 is 13.5 Å². The van der Waals surface area contributed by atoms with Gasteiger partial charge in [0.1, 0.15) is 11.9 Å². The molecule has 1 aliphatic rings. The molecule has 0 heterocycles. The summed E-state index contributed by atoms with van der Waals surface area (Å²) in [7, 11) is 0. The van der Waals surface area contributed by atoms with Gasteiger partial charge in [-0.25, -0.2) is 8.78 Å². The third-order valence-electron chi connectivity index (χ3n) is 4.55. The van der Waals surface area contributed by atoms with Crippen LogP contribution in [0.1, 0.15) is 40.0 Å². The van der Waals surface area contributed by atoms with E-state index < -0.39 is 11.6 Å². The predicted molar refractivity (Wildman–Crippen MR) is 75.9 cm³/mol. The second-order valence-electron chi connectivity index (χ2n) is 5.78. The SMILES string of the molecule is CCCNC1CC(Oc2cc(F)ccc2F)C1(C)CC. The maximum Gasteiger partial charge on any atom is 0.165 e. The second-order valence-corrected chi connectivity index (χ2v) is 5.78. The first-order chi connectivity index (χ1) is 9.51. The Labute approximate surface area is 119 Å². The van der Waals surface area contributed by atoms with Gasteiger partial charge in [0.25, 0.3) is 0 Å². The molecule has 1 fully saturated rings. The summed E-state index contributed by atoms with van der Waals surface area (Å²) < 4.78 is 32.5. The Morgan fingerprint density at radius 2 is 2.10 bits per heavy atom. The molecule has 1 saturated carbocycles. The highest BCUT2D eigenvalue weighted by Gasteiger charge is 2.51. The zero-order chi connectivity index (χ0) is 14.8.